The molecule has 5 rings (SSSR count). The van der Waals surface area contributed by atoms with E-state index in [9.17, 15) is 14.7 Å². The van der Waals surface area contributed by atoms with Crippen LogP contribution in [0.3, 0.4) is 0 Å². The van der Waals surface area contributed by atoms with E-state index in [1.54, 1.807) is 0 Å². The summed E-state index contributed by atoms with van der Waals surface area (Å²) in [5.41, 5.74) is 0.829. The number of esters is 2. The third-order valence-electron chi connectivity index (χ3n) is 10.2. The van der Waals surface area contributed by atoms with Crippen molar-refractivity contribution in [3.05, 3.63) is 11.6 Å². The van der Waals surface area contributed by atoms with Gasteiger partial charge < -0.3 is 14.6 Å². The molecule has 0 aromatic carbocycles. The summed E-state index contributed by atoms with van der Waals surface area (Å²) in [6.07, 6.45) is 8.62. The molecule has 5 heteroatoms. The van der Waals surface area contributed by atoms with Crippen molar-refractivity contribution < 1.29 is 24.2 Å². The van der Waals surface area contributed by atoms with Crippen LogP contribution < -0.4 is 0 Å². The summed E-state index contributed by atoms with van der Waals surface area (Å²) < 4.78 is 11.4. The average molecular weight is 417 g/mol. The molecule has 166 valence electrons. The second kappa shape index (κ2) is 6.57. The van der Waals surface area contributed by atoms with Gasteiger partial charge >= 0.3 is 11.9 Å². The number of carbonyl (C=O) groups excluding carboxylic acids is 2. The Hall–Kier alpha value is -1.36. The lowest BCUT2D eigenvalue weighted by atomic mass is 9.42. The van der Waals surface area contributed by atoms with E-state index in [1.165, 1.54) is 12.7 Å². The summed E-state index contributed by atoms with van der Waals surface area (Å²) in [6, 6.07) is 0. The van der Waals surface area contributed by atoms with Gasteiger partial charge in [0.05, 0.1) is 19.1 Å². The second-order valence-electron chi connectivity index (χ2n) is 11.4. The predicted molar refractivity (Wildman–Crippen MR) is 111 cm³/mol. The summed E-state index contributed by atoms with van der Waals surface area (Å²) in [6.45, 7) is 7.04. The van der Waals surface area contributed by atoms with Crippen LogP contribution >= 0.6 is 0 Å². The van der Waals surface area contributed by atoms with Gasteiger partial charge in [-0.3, -0.25) is 9.59 Å². The fourth-order valence-electron chi connectivity index (χ4n) is 8.98. The quantitative estimate of drug-likeness (QED) is 0.516. The van der Waals surface area contributed by atoms with Crippen LogP contribution in [0.15, 0.2) is 11.6 Å². The van der Waals surface area contributed by atoms with E-state index in [-0.39, 0.29) is 46.3 Å². The van der Waals surface area contributed by atoms with Gasteiger partial charge in [-0.15, -0.1) is 0 Å². The number of hydrogen-bond acceptors (Lipinski definition) is 5. The number of rotatable bonds is 1. The monoisotopic (exact) mass is 416 g/mol. The summed E-state index contributed by atoms with van der Waals surface area (Å²) in [5, 5.41) is 10.4. The zero-order chi connectivity index (χ0) is 21.5. The maximum Gasteiger partial charge on any atom is 0.312 e. The van der Waals surface area contributed by atoms with Gasteiger partial charge in [0.2, 0.25) is 0 Å². The molecule has 0 bridgehead atoms. The van der Waals surface area contributed by atoms with Crippen molar-refractivity contribution in [1.82, 2.24) is 0 Å². The Kier molecular flexibility index (Phi) is 4.50. The molecular formula is C25H36O5. The minimum atomic E-state index is -0.359. The summed E-state index contributed by atoms with van der Waals surface area (Å²) in [5.74, 6) is 0.869. The Morgan fingerprint density at radius 2 is 2.00 bits per heavy atom. The molecule has 1 saturated heterocycles. The Morgan fingerprint density at radius 3 is 2.67 bits per heavy atom. The van der Waals surface area contributed by atoms with E-state index < -0.39 is 0 Å². The lowest BCUT2D eigenvalue weighted by molar-refractivity contribution is -0.181. The molecule has 30 heavy (non-hydrogen) atoms. The molecule has 2 unspecified atom stereocenters. The lowest BCUT2D eigenvalue weighted by Crippen LogP contribution is -2.60. The smallest absolute Gasteiger partial charge is 0.312 e. The van der Waals surface area contributed by atoms with Crippen molar-refractivity contribution in [3.8, 4) is 0 Å². The predicted octanol–water partition coefficient (Wildman–Crippen LogP) is 4.03. The zero-order valence-electron chi connectivity index (χ0n) is 18.8. The minimum Gasteiger partial charge on any atom is -0.469 e. The van der Waals surface area contributed by atoms with Crippen LogP contribution in [0.25, 0.3) is 0 Å². The standard InChI is InChI=1S/C25H36O5/c1-14-13-24(3)18(6-9-25(24)10-7-19(27)30-25)20-17(22(28)29-4)12-15-11-16(26)5-8-23(15,2)21(14)20/h12,14,16-18,20-21,26H,5-11,13H2,1-4H3/t14-,16+,17-,18?,20+,21+,23+,24+,25?/m1/s1. The molecule has 0 radical (unpaired) electrons. The van der Waals surface area contributed by atoms with Crippen molar-refractivity contribution in [1.29, 1.82) is 0 Å². The molecule has 1 heterocycles. The number of aliphatic hydroxyl groups excluding tert-OH is 1. The van der Waals surface area contributed by atoms with E-state index in [2.05, 4.69) is 26.8 Å². The first-order valence-electron chi connectivity index (χ1n) is 11.8. The van der Waals surface area contributed by atoms with Crippen LogP contribution in [0.2, 0.25) is 0 Å². The van der Waals surface area contributed by atoms with Gasteiger partial charge in [-0.1, -0.05) is 32.4 Å². The largest absolute Gasteiger partial charge is 0.469 e. The fourth-order valence-corrected chi connectivity index (χ4v) is 8.98. The molecule has 4 fully saturated rings. The van der Waals surface area contributed by atoms with Gasteiger partial charge in [-0.2, -0.15) is 0 Å². The zero-order valence-corrected chi connectivity index (χ0v) is 18.8. The maximum absolute atomic E-state index is 13.0. The highest BCUT2D eigenvalue weighted by atomic mass is 16.6. The fraction of sp³-hybridized carbons (Fsp3) is 0.840. The van der Waals surface area contributed by atoms with Gasteiger partial charge in [0.15, 0.2) is 0 Å². The van der Waals surface area contributed by atoms with E-state index in [0.717, 1.165) is 38.5 Å². The van der Waals surface area contributed by atoms with Crippen molar-refractivity contribution >= 4 is 11.9 Å². The number of fused-ring (bicyclic) bond motifs is 6. The Balaban J connectivity index is 1.62. The molecule has 4 aliphatic carbocycles. The Labute approximate surface area is 179 Å². The van der Waals surface area contributed by atoms with Gasteiger partial charge in [0, 0.05) is 11.8 Å². The second-order valence-corrected chi connectivity index (χ2v) is 11.4. The van der Waals surface area contributed by atoms with E-state index in [1.807, 2.05) is 0 Å². The number of aliphatic hydroxyl groups is 1. The molecule has 5 nitrogen and oxygen atoms in total. The molecule has 0 amide bonds. The number of carbonyl (C=O) groups is 2. The molecule has 9 atom stereocenters. The molecule has 0 aromatic heterocycles. The highest BCUT2D eigenvalue weighted by molar-refractivity contribution is 5.76. The van der Waals surface area contributed by atoms with Crippen LogP contribution in [-0.4, -0.2) is 35.9 Å². The molecular weight excluding hydrogens is 380 g/mol. The van der Waals surface area contributed by atoms with Gasteiger partial charge in [0.1, 0.15) is 5.60 Å². The highest BCUT2D eigenvalue weighted by Crippen LogP contribution is 2.71. The van der Waals surface area contributed by atoms with Gasteiger partial charge in [-0.25, -0.2) is 0 Å². The highest BCUT2D eigenvalue weighted by Gasteiger charge is 2.70. The van der Waals surface area contributed by atoms with Crippen LogP contribution in [0.1, 0.15) is 72.1 Å². The Bertz CT molecular complexity index is 803. The third kappa shape index (κ3) is 2.50. The van der Waals surface area contributed by atoms with E-state index in [0.29, 0.717) is 30.6 Å². The van der Waals surface area contributed by atoms with Gasteiger partial charge in [-0.05, 0) is 74.0 Å². The summed E-state index contributed by atoms with van der Waals surface area (Å²) in [4.78, 5) is 25.2. The number of methoxy groups -OCH3 is 1. The Morgan fingerprint density at radius 1 is 1.23 bits per heavy atom. The average Bonchev–Trinajstić information content (AvgIpc) is 3.21. The first kappa shape index (κ1) is 20.5. The molecule has 1 aliphatic heterocycles. The van der Waals surface area contributed by atoms with E-state index in [4.69, 9.17) is 9.47 Å². The molecule has 1 N–H and O–H groups in total. The number of hydrogen-bond donors (Lipinski definition) is 1. The van der Waals surface area contributed by atoms with Crippen molar-refractivity contribution in [2.75, 3.05) is 7.11 Å². The maximum atomic E-state index is 13.0. The summed E-state index contributed by atoms with van der Waals surface area (Å²) in [7, 11) is 1.49. The lowest BCUT2D eigenvalue weighted by Gasteiger charge is -2.62. The van der Waals surface area contributed by atoms with Crippen LogP contribution in [0, 0.1) is 40.4 Å². The minimum absolute atomic E-state index is 0.0251. The van der Waals surface area contributed by atoms with E-state index >= 15 is 0 Å². The van der Waals surface area contributed by atoms with Gasteiger partial charge in [0.25, 0.3) is 0 Å². The SMILES string of the molecule is COC(=O)[C@@H]1C=C2C[C@@H](O)CC[C@]2(C)[C@@H]2[C@@H]1C1CCC3(CCC(=O)O3)[C@@]1(C)C[C@H]2C. The molecule has 0 aromatic rings. The summed E-state index contributed by atoms with van der Waals surface area (Å²) >= 11 is 0. The van der Waals surface area contributed by atoms with Crippen LogP contribution in [-0.2, 0) is 19.1 Å². The third-order valence-corrected chi connectivity index (χ3v) is 10.2. The molecule has 1 spiro atoms. The van der Waals surface area contributed by atoms with Crippen LogP contribution in [0.5, 0.6) is 0 Å². The van der Waals surface area contributed by atoms with Crippen LogP contribution in [0.4, 0.5) is 0 Å². The molecule has 3 saturated carbocycles. The number of ether oxygens (including phenoxy) is 2. The first-order valence-corrected chi connectivity index (χ1v) is 11.8. The topological polar surface area (TPSA) is 72.8 Å². The van der Waals surface area contributed by atoms with Crippen molar-refractivity contribution in [2.45, 2.75) is 83.8 Å². The van der Waals surface area contributed by atoms with Crippen molar-refractivity contribution in [3.63, 3.8) is 0 Å². The van der Waals surface area contributed by atoms with Crippen molar-refractivity contribution in [2.24, 2.45) is 40.4 Å². The first-order chi connectivity index (χ1) is 14.1. The molecule has 5 aliphatic rings. The normalized spacial score (nSPS) is 52.2.